The Hall–Kier alpha value is -2.61. The lowest BCUT2D eigenvalue weighted by molar-refractivity contribution is -0.116. The Bertz CT molecular complexity index is 914. The second-order valence-electron chi connectivity index (χ2n) is 5.25. The van der Waals surface area contributed by atoms with Crippen LogP contribution in [0.5, 0.6) is 0 Å². The quantitative estimate of drug-likeness (QED) is 0.913. The predicted octanol–water partition coefficient (Wildman–Crippen LogP) is 1.33. The van der Waals surface area contributed by atoms with Gasteiger partial charge in [0.2, 0.25) is 5.91 Å². The smallest absolute Gasteiger partial charge is 0.337 e. The van der Waals surface area contributed by atoms with Crippen LogP contribution in [0.3, 0.4) is 0 Å². The number of anilines is 1. The molecule has 1 aliphatic rings. The van der Waals surface area contributed by atoms with Crippen LogP contribution in [0.4, 0.5) is 5.69 Å². The first-order chi connectivity index (χ1) is 10.8. The van der Waals surface area contributed by atoms with Gasteiger partial charge in [-0.25, -0.2) is 17.2 Å². The molecule has 1 aromatic carbocycles. The highest BCUT2D eigenvalue weighted by molar-refractivity contribution is 7.90. The third kappa shape index (κ3) is 2.50. The van der Waals surface area contributed by atoms with Gasteiger partial charge in [-0.3, -0.25) is 4.79 Å². The number of benzene rings is 1. The van der Waals surface area contributed by atoms with Gasteiger partial charge in [0.25, 0.3) is 10.0 Å². The maximum absolute atomic E-state index is 12.6. The lowest BCUT2D eigenvalue weighted by atomic mass is 10.2. The maximum Gasteiger partial charge on any atom is 0.337 e. The average Bonchev–Trinajstić information content (AvgIpc) is 3.13. The SMILES string of the molecule is CC(=O)N1CCc2cc(S(=O)(=O)n3ccc(C(=O)O)c3)ccc21. The van der Waals surface area contributed by atoms with Crippen LogP contribution in [0.2, 0.25) is 0 Å². The summed E-state index contributed by atoms with van der Waals surface area (Å²) in [6.45, 7) is 1.99. The van der Waals surface area contributed by atoms with E-state index in [0.717, 1.165) is 21.4 Å². The van der Waals surface area contributed by atoms with Crippen molar-refractivity contribution in [2.75, 3.05) is 11.4 Å². The predicted molar refractivity (Wildman–Crippen MR) is 82.1 cm³/mol. The van der Waals surface area contributed by atoms with Crippen molar-refractivity contribution in [3.05, 3.63) is 47.8 Å². The van der Waals surface area contributed by atoms with E-state index in [4.69, 9.17) is 5.11 Å². The number of carboxylic acids is 1. The minimum Gasteiger partial charge on any atom is -0.478 e. The summed E-state index contributed by atoms with van der Waals surface area (Å²) in [4.78, 5) is 24.1. The van der Waals surface area contributed by atoms with E-state index in [2.05, 4.69) is 0 Å². The summed E-state index contributed by atoms with van der Waals surface area (Å²) in [6, 6.07) is 5.80. The van der Waals surface area contributed by atoms with Crippen LogP contribution < -0.4 is 4.90 Å². The molecule has 120 valence electrons. The molecule has 3 rings (SSSR count). The number of carboxylic acid groups (broad SMARTS) is 1. The highest BCUT2D eigenvalue weighted by Crippen LogP contribution is 2.30. The second kappa shape index (κ2) is 5.24. The van der Waals surface area contributed by atoms with Gasteiger partial charge in [0.05, 0.1) is 10.5 Å². The van der Waals surface area contributed by atoms with Crippen molar-refractivity contribution in [1.29, 1.82) is 0 Å². The van der Waals surface area contributed by atoms with Crippen molar-refractivity contribution >= 4 is 27.6 Å². The van der Waals surface area contributed by atoms with E-state index < -0.39 is 16.0 Å². The highest BCUT2D eigenvalue weighted by atomic mass is 32.2. The van der Waals surface area contributed by atoms with Gasteiger partial charge in [0, 0.05) is 31.5 Å². The maximum atomic E-state index is 12.6. The Morgan fingerprint density at radius 1 is 1.22 bits per heavy atom. The van der Waals surface area contributed by atoms with E-state index >= 15 is 0 Å². The molecule has 0 aliphatic carbocycles. The van der Waals surface area contributed by atoms with Gasteiger partial charge >= 0.3 is 5.97 Å². The minimum atomic E-state index is -3.86. The third-order valence-corrected chi connectivity index (χ3v) is 5.45. The zero-order valence-corrected chi connectivity index (χ0v) is 13.1. The van der Waals surface area contributed by atoms with Crippen molar-refractivity contribution < 1.29 is 23.1 Å². The van der Waals surface area contributed by atoms with E-state index in [1.165, 1.54) is 31.3 Å². The van der Waals surface area contributed by atoms with Crippen molar-refractivity contribution in [2.45, 2.75) is 18.2 Å². The number of hydrogen-bond donors (Lipinski definition) is 1. The molecule has 2 aromatic rings. The number of amides is 1. The van der Waals surface area contributed by atoms with Crippen molar-refractivity contribution in [3.63, 3.8) is 0 Å². The number of aromatic nitrogens is 1. The summed E-state index contributed by atoms with van der Waals surface area (Å²) >= 11 is 0. The van der Waals surface area contributed by atoms with Gasteiger partial charge in [-0.05, 0) is 36.2 Å². The molecule has 1 aromatic heterocycles. The molecule has 0 bridgehead atoms. The molecule has 0 saturated carbocycles. The van der Waals surface area contributed by atoms with Crippen molar-refractivity contribution in [1.82, 2.24) is 3.97 Å². The van der Waals surface area contributed by atoms with E-state index in [9.17, 15) is 18.0 Å². The van der Waals surface area contributed by atoms with E-state index in [0.29, 0.717) is 13.0 Å². The summed E-state index contributed by atoms with van der Waals surface area (Å²) < 4.78 is 26.0. The molecule has 0 radical (unpaired) electrons. The summed E-state index contributed by atoms with van der Waals surface area (Å²) in [7, 11) is -3.86. The van der Waals surface area contributed by atoms with Crippen LogP contribution in [-0.4, -0.2) is 35.9 Å². The molecule has 0 atom stereocenters. The summed E-state index contributed by atoms with van der Waals surface area (Å²) in [5, 5.41) is 8.90. The van der Waals surface area contributed by atoms with Crippen LogP contribution in [0.25, 0.3) is 0 Å². The zero-order valence-electron chi connectivity index (χ0n) is 12.3. The fourth-order valence-corrected chi connectivity index (χ4v) is 3.89. The second-order valence-corrected chi connectivity index (χ2v) is 7.09. The third-order valence-electron chi connectivity index (χ3n) is 3.82. The molecule has 1 N–H and O–H groups in total. The molecule has 8 heteroatoms. The van der Waals surface area contributed by atoms with Crippen molar-refractivity contribution in [3.8, 4) is 0 Å². The van der Waals surface area contributed by atoms with E-state index in [1.54, 1.807) is 11.0 Å². The average molecular weight is 334 g/mol. The number of nitrogens with zero attached hydrogens (tertiary/aromatic N) is 2. The summed E-state index contributed by atoms with van der Waals surface area (Å²) in [5.41, 5.74) is 1.40. The van der Waals surface area contributed by atoms with Crippen LogP contribution in [0, 0.1) is 0 Å². The first-order valence-electron chi connectivity index (χ1n) is 6.88. The molecular weight excluding hydrogens is 320 g/mol. The zero-order chi connectivity index (χ0) is 16.8. The molecule has 0 unspecified atom stereocenters. The summed E-state index contributed by atoms with van der Waals surface area (Å²) in [6.07, 6.45) is 2.85. The van der Waals surface area contributed by atoms with Gasteiger partial charge in [0.15, 0.2) is 0 Å². The fourth-order valence-electron chi connectivity index (χ4n) is 2.64. The number of fused-ring (bicyclic) bond motifs is 1. The van der Waals surface area contributed by atoms with Gasteiger partial charge in [-0.1, -0.05) is 0 Å². The molecule has 1 amide bonds. The number of carbonyl (C=O) groups excluding carboxylic acids is 1. The Kier molecular flexibility index (Phi) is 3.48. The number of rotatable bonds is 3. The van der Waals surface area contributed by atoms with Crippen LogP contribution in [-0.2, 0) is 21.2 Å². The largest absolute Gasteiger partial charge is 0.478 e. The van der Waals surface area contributed by atoms with Gasteiger partial charge in [-0.15, -0.1) is 0 Å². The Balaban J connectivity index is 2.01. The van der Waals surface area contributed by atoms with Crippen LogP contribution in [0.15, 0.2) is 41.6 Å². The van der Waals surface area contributed by atoms with Crippen molar-refractivity contribution in [2.24, 2.45) is 0 Å². The first kappa shape index (κ1) is 15.3. The monoisotopic (exact) mass is 334 g/mol. The van der Waals surface area contributed by atoms with Gasteiger partial charge < -0.3 is 10.0 Å². The normalized spacial score (nSPS) is 13.9. The van der Waals surface area contributed by atoms with E-state index in [-0.39, 0.29) is 16.4 Å². The topological polar surface area (TPSA) is 96.7 Å². The Morgan fingerprint density at radius 2 is 1.96 bits per heavy atom. The molecule has 23 heavy (non-hydrogen) atoms. The standard InChI is InChI=1S/C15H14N2O5S/c1-10(18)17-7-5-11-8-13(2-3-14(11)17)23(21,22)16-6-4-12(9-16)15(19)20/h2-4,6,8-9H,5,7H2,1H3,(H,19,20). The molecule has 0 fully saturated rings. The lowest BCUT2D eigenvalue weighted by Crippen LogP contribution is -2.25. The molecule has 7 nitrogen and oxygen atoms in total. The van der Waals surface area contributed by atoms with Gasteiger partial charge in [-0.2, -0.15) is 0 Å². The molecule has 1 aliphatic heterocycles. The number of aromatic carboxylic acids is 1. The van der Waals surface area contributed by atoms with Gasteiger partial charge in [0.1, 0.15) is 0 Å². The highest BCUT2D eigenvalue weighted by Gasteiger charge is 2.25. The molecule has 2 heterocycles. The molecule has 0 saturated heterocycles. The van der Waals surface area contributed by atoms with Crippen LogP contribution >= 0.6 is 0 Å². The molecular formula is C15H14N2O5S. The fraction of sp³-hybridized carbons (Fsp3) is 0.200. The molecule has 0 spiro atoms. The summed E-state index contributed by atoms with van der Waals surface area (Å²) in [5.74, 6) is -1.28. The Labute approximate surface area is 132 Å². The number of carbonyl (C=O) groups is 2. The lowest BCUT2D eigenvalue weighted by Gasteiger charge is -2.15. The Morgan fingerprint density at radius 3 is 2.57 bits per heavy atom. The minimum absolute atomic E-state index is 0.0641. The van der Waals surface area contributed by atoms with E-state index in [1.807, 2.05) is 0 Å². The first-order valence-corrected chi connectivity index (χ1v) is 8.32. The van der Waals surface area contributed by atoms with Crippen LogP contribution in [0.1, 0.15) is 22.8 Å². The number of hydrogen-bond acceptors (Lipinski definition) is 4.